The Morgan fingerprint density at radius 3 is 2.56 bits per heavy atom. The minimum Gasteiger partial charge on any atom is -0.310 e. The van der Waals surface area contributed by atoms with Crippen molar-refractivity contribution >= 4 is 0 Å². The average Bonchev–Trinajstić information content (AvgIpc) is 2.64. The van der Waals surface area contributed by atoms with E-state index in [1.165, 1.54) is 12.1 Å². The molecule has 0 spiro atoms. The normalized spacial score (nSPS) is 15.9. The second kappa shape index (κ2) is 8.19. The number of halogens is 2. The minimum atomic E-state index is -0.799. The van der Waals surface area contributed by atoms with Crippen molar-refractivity contribution in [2.24, 2.45) is 0 Å². The first-order valence-electron chi connectivity index (χ1n) is 8.53. The summed E-state index contributed by atoms with van der Waals surface area (Å²) in [7, 11) is 0. The van der Waals surface area contributed by atoms with E-state index in [1.807, 2.05) is 18.2 Å². The Labute approximate surface area is 146 Å². The van der Waals surface area contributed by atoms with Crippen molar-refractivity contribution in [1.29, 1.82) is 5.26 Å². The van der Waals surface area contributed by atoms with Gasteiger partial charge in [-0.15, -0.1) is 0 Å². The van der Waals surface area contributed by atoms with Crippen LogP contribution in [0, 0.1) is 23.0 Å². The lowest BCUT2D eigenvalue weighted by Gasteiger charge is -2.32. The molecule has 0 aromatic heterocycles. The summed E-state index contributed by atoms with van der Waals surface area (Å²) in [5, 5.41) is 12.5. The number of nitrogens with one attached hydrogen (secondary N) is 1. The topological polar surface area (TPSA) is 39.1 Å². The zero-order valence-electron chi connectivity index (χ0n) is 14.0. The van der Waals surface area contributed by atoms with Crippen molar-refractivity contribution < 1.29 is 8.78 Å². The van der Waals surface area contributed by atoms with Gasteiger partial charge in [0.1, 0.15) is 0 Å². The Kier molecular flexibility index (Phi) is 5.75. The Bertz CT molecular complexity index is 762. The maximum atomic E-state index is 13.3. The molecule has 2 aromatic rings. The van der Waals surface area contributed by atoms with Crippen LogP contribution >= 0.6 is 0 Å². The first kappa shape index (κ1) is 17.5. The summed E-state index contributed by atoms with van der Waals surface area (Å²) in [6, 6.07) is 14.3. The second-order valence-corrected chi connectivity index (χ2v) is 6.49. The maximum Gasteiger partial charge on any atom is 0.159 e. The van der Waals surface area contributed by atoms with E-state index < -0.39 is 11.6 Å². The SMILES string of the molecule is N#Cc1cccc(CNC2CCN(Cc3ccc(F)c(F)c3)CC2)c1. The summed E-state index contributed by atoms with van der Waals surface area (Å²) in [4.78, 5) is 2.27. The summed E-state index contributed by atoms with van der Waals surface area (Å²) in [6.07, 6.45) is 2.03. The molecule has 5 heteroatoms. The molecule has 3 rings (SSSR count). The van der Waals surface area contributed by atoms with Gasteiger partial charge >= 0.3 is 0 Å². The highest BCUT2D eigenvalue weighted by Crippen LogP contribution is 2.16. The number of likely N-dealkylation sites (tertiary alicyclic amines) is 1. The molecule has 3 nitrogen and oxygen atoms in total. The first-order chi connectivity index (χ1) is 12.1. The van der Waals surface area contributed by atoms with Gasteiger partial charge in [-0.3, -0.25) is 4.90 Å². The van der Waals surface area contributed by atoms with E-state index in [0.29, 0.717) is 18.2 Å². The van der Waals surface area contributed by atoms with Crippen LogP contribution in [-0.2, 0) is 13.1 Å². The Morgan fingerprint density at radius 1 is 1.04 bits per heavy atom. The molecule has 0 aliphatic carbocycles. The minimum absolute atomic E-state index is 0.437. The maximum absolute atomic E-state index is 13.3. The van der Waals surface area contributed by atoms with Gasteiger partial charge < -0.3 is 5.32 Å². The van der Waals surface area contributed by atoms with Gasteiger partial charge in [0.2, 0.25) is 0 Å². The van der Waals surface area contributed by atoms with E-state index in [0.717, 1.165) is 43.6 Å². The number of hydrogen-bond donors (Lipinski definition) is 1. The van der Waals surface area contributed by atoms with Crippen LogP contribution in [0.1, 0.15) is 29.5 Å². The molecule has 2 aromatic carbocycles. The van der Waals surface area contributed by atoms with Crippen molar-refractivity contribution in [2.45, 2.75) is 32.0 Å². The molecule has 25 heavy (non-hydrogen) atoms. The lowest BCUT2D eigenvalue weighted by atomic mass is 10.0. The van der Waals surface area contributed by atoms with Gasteiger partial charge in [-0.05, 0) is 61.3 Å². The number of benzene rings is 2. The predicted molar refractivity (Wildman–Crippen MR) is 92.7 cm³/mol. The van der Waals surface area contributed by atoms with E-state index in [2.05, 4.69) is 16.3 Å². The molecule has 0 atom stereocenters. The van der Waals surface area contributed by atoms with Crippen LogP contribution in [0.2, 0.25) is 0 Å². The molecule has 0 unspecified atom stereocenters. The molecule has 130 valence electrons. The van der Waals surface area contributed by atoms with Crippen LogP contribution in [-0.4, -0.2) is 24.0 Å². The van der Waals surface area contributed by atoms with Gasteiger partial charge in [0.25, 0.3) is 0 Å². The van der Waals surface area contributed by atoms with E-state index >= 15 is 0 Å². The summed E-state index contributed by atoms with van der Waals surface area (Å²) in [5.74, 6) is -1.58. The van der Waals surface area contributed by atoms with Crippen molar-refractivity contribution in [2.75, 3.05) is 13.1 Å². The summed E-state index contributed by atoms with van der Waals surface area (Å²) >= 11 is 0. The highest BCUT2D eigenvalue weighted by molar-refractivity contribution is 5.32. The van der Waals surface area contributed by atoms with Crippen molar-refractivity contribution in [3.8, 4) is 6.07 Å². The molecule has 1 fully saturated rings. The number of nitrogens with zero attached hydrogens (tertiary/aromatic N) is 2. The van der Waals surface area contributed by atoms with Gasteiger partial charge in [-0.1, -0.05) is 18.2 Å². The van der Waals surface area contributed by atoms with Crippen molar-refractivity contribution in [3.05, 3.63) is 70.8 Å². The molecule has 0 radical (unpaired) electrons. The molecule has 1 N–H and O–H groups in total. The van der Waals surface area contributed by atoms with Crippen molar-refractivity contribution in [3.63, 3.8) is 0 Å². The lowest BCUT2D eigenvalue weighted by Crippen LogP contribution is -2.41. The van der Waals surface area contributed by atoms with Gasteiger partial charge in [-0.25, -0.2) is 8.78 Å². The molecule has 1 aliphatic rings. The zero-order chi connectivity index (χ0) is 17.6. The lowest BCUT2D eigenvalue weighted by molar-refractivity contribution is 0.190. The molecular formula is C20H21F2N3. The van der Waals surface area contributed by atoms with Crippen LogP contribution in [0.3, 0.4) is 0 Å². The van der Waals surface area contributed by atoms with Gasteiger partial charge in [0.05, 0.1) is 11.6 Å². The number of hydrogen-bond acceptors (Lipinski definition) is 3. The zero-order valence-corrected chi connectivity index (χ0v) is 14.0. The molecule has 0 amide bonds. The van der Waals surface area contributed by atoms with E-state index in [4.69, 9.17) is 5.26 Å². The van der Waals surface area contributed by atoms with E-state index in [-0.39, 0.29) is 0 Å². The van der Waals surface area contributed by atoms with Crippen LogP contribution in [0.4, 0.5) is 8.78 Å². The van der Waals surface area contributed by atoms with E-state index in [9.17, 15) is 8.78 Å². The molecule has 1 saturated heterocycles. The monoisotopic (exact) mass is 341 g/mol. The largest absolute Gasteiger partial charge is 0.310 e. The van der Waals surface area contributed by atoms with Crippen LogP contribution in [0.15, 0.2) is 42.5 Å². The first-order valence-corrected chi connectivity index (χ1v) is 8.53. The van der Waals surface area contributed by atoms with Crippen LogP contribution in [0.5, 0.6) is 0 Å². The van der Waals surface area contributed by atoms with Crippen LogP contribution in [0.25, 0.3) is 0 Å². The number of piperidine rings is 1. The smallest absolute Gasteiger partial charge is 0.159 e. The quantitative estimate of drug-likeness (QED) is 0.903. The number of nitriles is 1. The average molecular weight is 341 g/mol. The third-order valence-electron chi connectivity index (χ3n) is 4.63. The molecule has 0 saturated carbocycles. The fourth-order valence-corrected chi connectivity index (χ4v) is 3.20. The third kappa shape index (κ3) is 4.85. The summed E-state index contributed by atoms with van der Waals surface area (Å²) in [6.45, 7) is 3.25. The Hall–Kier alpha value is -2.29. The highest BCUT2D eigenvalue weighted by Gasteiger charge is 2.19. The Morgan fingerprint density at radius 2 is 1.84 bits per heavy atom. The van der Waals surface area contributed by atoms with Crippen molar-refractivity contribution in [1.82, 2.24) is 10.2 Å². The molecule has 1 aliphatic heterocycles. The highest BCUT2D eigenvalue weighted by atomic mass is 19.2. The van der Waals surface area contributed by atoms with Gasteiger partial charge in [0, 0.05) is 19.1 Å². The Balaban J connectivity index is 1.45. The summed E-state index contributed by atoms with van der Waals surface area (Å²) < 4.78 is 26.3. The summed E-state index contributed by atoms with van der Waals surface area (Å²) in [5.41, 5.74) is 2.60. The van der Waals surface area contributed by atoms with Gasteiger partial charge in [-0.2, -0.15) is 5.26 Å². The fraction of sp³-hybridized carbons (Fsp3) is 0.350. The standard InChI is InChI=1S/C20H21F2N3/c21-19-5-4-17(11-20(19)22)14-25-8-6-18(7-9-25)24-13-16-3-1-2-15(10-16)12-23/h1-5,10-11,18,24H,6-9,13-14H2. The van der Waals surface area contributed by atoms with E-state index in [1.54, 1.807) is 12.1 Å². The third-order valence-corrected chi connectivity index (χ3v) is 4.63. The molecule has 0 bridgehead atoms. The fourth-order valence-electron chi connectivity index (χ4n) is 3.20. The molecule has 1 heterocycles. The molecular weight excluding hydrogens is 320 g/mol. The van der Waals surface area contributed by atoms with Crippen LogP contribution < -0.4 is 5.32 Å². The number of rotatable bonds is 5. The predicted octanol–water partition coefficient (Wildman–Crippen LogP) is 3.59. The van der Waals surface area contributed by atoms with Gasteiger partial charge in [0.15, 0.2) is 11.6 Å². The second-order valence-electron chi connectivity index (χ2n) is 6.49.